The molecule has 0 saturated heterocycles. The summed E-state index contributed by atoms with van der Waals surface area (Å²) in [6, 6.07) is 23.2. The Morgan fingerprint density at radius 2 is 1.57 bits per heavy atom. The number of ketones is 1. The highest BCUT2D eigenvalue weighted by Gasteiger charge is 2.26. The fraction of sp³-hybridized carbons (Fsp3) is 0.138. The second-order valence-corrected chi connectivity index (χ2v) is 8.67. The summed E-state index contributed by atoms with van der Waals surface area (Å²) in [5.74, 6) is -1.87. The van der Waals surface area contributed by atoms with Crippen LogP contribution in [-0.2, 0) is 11.2 Å². The van der Waals surface area contributed by atoms with E-state index in [1.807, 2.05) is 60.7 Å². The SMILES string of the molecule is Cc1cccc(F)c1-c1c(C(=O)NCCC(N)=O)c[nH]c1C(=O)Cc1ccccc1.Clc1ccccc1. The molecule has 0 unspecified atom stereocenters. The highest BCUT2D eigenvalue weighted by Crippen LogP contribution is 2.33. The Labute approximate surface area is 219 Å². The molecular formula is C29H27ClFN3O3. The van der Waals surface area contributed by atoms with E-state index in [-0.39, 0.29) is 47.6 Å². The zero-order valence-electron chi connectivity index (χ0n) is 20.3. The first kappa shape index (κ1) is 27.4. The molecule has 2 amide bonds. The second-order valence-electron chi connectivity index (χ2n) is 8.24. The summed E-state index contributed by atoms with van der Waals surface area (Å²) in [4.78, 5) is 39.5. The molecule has 4 N–H and O–H groups in total. The monoisotopic (exact) mass is 519 g/mol. The highest BCUT2D eigenvalue weighted by atomic mass is 35.5. The first-order valence-corrected chi connectivity index (χ1v) is 12.0. The smallest absolute Gasteiger partial charge is 0.253 e. The molecule has 190 valence electrons. The van der Waals surface area contributed by atoms with Crippen LogP contribution in [0.1, 0.15) is 38.4 Å². The predicted molar refractivity (Wildman–Crippen MR) is 143 cm³/mol. The molecule has 1 heterocycles. The number of aromatic nitrogens is 1. The topological polar surface area (TPSA) is 105 Å². The Morgan fingerprint density at radius 1 is 0.919 bits per heavy atom. The van der Waals surface area contributed by atoms with Gasteiger partial charge in [-0.25, -0.2) is 4.39 Å². The number of primary amides is 1. The number of benzene rings is 3. The van der Waals surface area contributed by atoms with Gasteiger partial charge in [0, 0.05) is 41.7 Å². The molecule has 0 atom stereocenters. The fourth-order valence-electron chi connectivity index (χ4n) is 3.71. The van der Waals surface area contributed by atoms with E-state index in [1.165, 1.54) is 12.3 Å². The largest absolute Gasteiger partial charge is 0.370 e. The van der Waals surface area contributed by atoms with E-state index >= 15 is 0 Å². The molecule has 3 aromatic carbocycles. The third kappa shape index (κ3) is 7.62. The molecule has 8 heteroatoms. The Bertz CT molecular complexity index is 1350. The van der Waals surface area contributed by atoms with Crippen LogP contribution in [0.2, 0.25) is 5.02 Å². The van der Waals surface area contributed by atoms with Gasteiger partial charge in [-0.15, -0.1) is 0 Å². The predicted octanol–water partition coefficient (Wildman–Crippen LogP) is 5.50. The molecule has 0 fully saturated rings. The minimum Gasteiger partial charge on any atom is -0.370 e. The number of H-pyrrole nitrogens is 1. The van der Waals surface area contributed by atoms with E-state index < -0.39 is 17.6 Å². The van der Waals surface area contributed by atoms with E-state index in [2.05, 4.69) is 10.3 Å². The minimum absolute atomic E-state index is 0.0238. The Morgan fingerprint density at radius 3 is 2.14 bits per heavy atom. The van der Waals surface area contributed by atoms with Gasteiger partial charge in [-0.1, -0.05) is 72.3 Å². The van der Waals surface area contributed by atoms with Gasteiger partial charge in [0.15, 0.2) is 5.78 Å². The summed E-state index contributed by atoms with van der Waals surface area (Å²) in [6.07, 6.45) is 1.47. The quantitative estimate of drug-likeness (QED) is 0.268. The molecule has 0 aliphatic heterocycles. The number of Topliss-reactive ketones (excluding diaryl/α,β-unsaturated/α-hetero) is 1. The fourth-order valence-corrected chi connectivity index (χ4v) is 3.85. The Balaban J connectivity index is 0.000000468. The summed E-state index contributed by atoms with van der Waals surface area (Å²) >= 11 is 5.54. The molecule has 0 aliphatic carbocycles. The third-order valence-corrected chi connectivity index (χ3v) is 5.73. The van der Waals surface area contributed by atoms with Crippen LogP contribution in [0.5, 0.6) is 0 Å². The number of nitrogens with two attached hydrogens (primary N) is 1. The van der Waals surface area contributed by atoms with Gasteiger partial charge in [-0.05, 0) is 36.2 Å². The first-order valence-electron chi connectivity index (χ1n) is 11.6. The number of amides is 2. The molecule has 0 bridgehead atoms. The van der Waals surface area contributed by atoms with Gasteiger partial charge >= 0.3 is 0 Å². The van der Waals surface area contributed by atoms with E-state index in [0.29, 0.717) is 5.56 Å². The number of aryl methyl sites for hydroxylation is 1. The number of nitrogens with one attached hydrogen (secondary N) is 2. The Kier molecular flexibility index (Phi) is 9.75. The van der Waals surface area contributed by atoms with Gasteiger partial charge in [0.25, 0.3) is 5.91 Å². The number of hydrogen-bond donors (Lipinski definition) is 3. The lowest BCUT2D eigenvalue weighted by Crippen LogP contribution is -2.28. The standard InChI is InChI=1S/C23H22FN3O3.C6H5Cl/c1-14-6-5-9-17(24)20(14)21-16(23(30)26-11-10-19(25)29)13-27-22(21)18(28)12-15-7-3-2-4-8-15;7-6-4-2-1-3-5-6/h2-9,13,27H,10-12H2,1H3,(H2,25,29)(H,26,30);1-5H. The lowest BCUT2D eigenvalue weighted by atomic mass is 9.93. The average Bonchev–Trinajstić information content (AvgIpc) is 3.30. The molecule has 6 nitrogen and oxygen atoms in total. The highest BCUT2D eigenvalue weighted by molar-refractivity contribution is 6.30. The van der Waals surface area contributed by atoms with Crippen LogP contribution >= 0.6 is 11.6 Å². The van der Waals surface area contributed by atoms with Crippen molar-refractivity contribution in [3.8, 4) is 11.1 Å². The van der Waals surface area contributed by atoms with E-state index in [1.54, 1.807) is 19.1 Å². The summed E-state index contributed by atoms with van der Waals surface area (Å²) in [5.41, 5.74) is 7.19. The third-order valence-electron chi connectivity index (χ3n) is 5.47. The van der Waals surface area contributed by atoms with Crippen LogP contribution in [0.25, 0.3) is 11.1 Å². The molecule has 1 aromatic heterocycles. The van der Waals surface area contributed by atoms with Crippen molar-refractivity contribution in [1.82, 2.24) is 10.3 Å². The number of hydrogen-bond acceptors (Lipinski definition) is 3. The number of carbonyl (C=O) groups excluding carboxylic acids is 3. The van der Waals surface area contributed by atoms with Crippen molar-refractivity contribution in [3.63, 3.8) is 0 Å². The summed E-state index contributed by atoms with van der Waals surface area (Å²) in [7, 11) is 0. The molecule has 0 spiro atoms. The van der Waals surface area contributed by atoms with Crippen LogP contribution in [0.4, 0.5) is 4.39 Å². The zero-order valence-corrected chi connectivity index (χ0v) is 21.0. The van der Waals surface area contributed by atoms with Gasteiger partial charge in [0.2, 0.25) is 5.91 Å². The van der Waals surface area contributed by atoms with Gasteiger partial charge in [-0.2, -0.15) is 0 Å². The molecule has 4 aromatic rings. The molecule has 4 rings (SSSR count). The lowest BCUT2D eigenvalue weighted by Gasteiger charge is -2.12. The normalized spacial score (nSPS) is 10.2. The van der Waals surface area contributed by atoms with E-state index in [4.69, 9.17) is 17.3 Å². The van der Waals surface area contributed by atoms with E-state index in [9.17, 15) is 18.8 Å². The molecular weight excluding hydrogens is 493 g/mol. The summed E-state index contributed by atoms with van der Waals surface area (Å²) < 4.78 is 14.8. The van der Waals surface area contributed by atoms with Crippen LogP contribution in [0.15, 0.2) is 85.1 Å². The van der Waals surface area contributed by atoms with Crippen LogP contribution in [0, 0.1) is 12.7 Å². The van der Waals surface area contributed by atoms with Crippen molar-refractivity contribution in [2.75, 3.05) is 6.54 Å². The van der Waals surface area contributed by atoms with Crippen LogP contribution in [0.3, 0.4) is 0 Å². The molecule has 37 heavy (non-hydrogen) atoms. The van der Waals surface area contributed by atoms with Crippen molar-refractivity contribution >= 4 is 29.2 Å². The number of aromatic amines is 1. The number of rotatable bonds is 8. The Hall–Kier alpha value is -4.23. The van der Waals surface area contributed by atoms with Crippen molar-refractivity contribution < 1.29 is 18.8 Å². The maximum absolute atomic E-state index is 14.8. The summed E-state index contributed by atoms with van der Waals surface area (Å²) in [6.45, 7) is 1.76. The van der Waals surface area contributed by atoms with Crippen LogP contribution in [-0.4, -0.2) is 29.1 Å². The molecule has 0 radical (unpaired) electrons. The van der Waals surface area contributed by atoms with E-state index in [0.717, 1.165) is 10.6 Å². The van der Waals surface area contributed by atoms with Gasteiger partial charge in [0.1, 0.15) is 5.82 Å². The average molecular weight is 520 g/mol. The van der Waals surface area contributed by atoms with Crippen molar-refractivity contribution in [2.45, 2.75) is 19.8 Å². The maximum Gasteiger partial charge on any atom is 0.253 e. The van der Waals surface area contributed by atoms with Crippen molar-refractivity contribution in [3.05, 3.63) is 118 Å². The van der Waals surface area contributed by atoms with Crippen LogP contribution < -0.4 is 11.1 Å². The second kappa shape index (κ2) is 13.2. The summed E-state index contributed by atoms with van der Waals surface area (Å²) in [5, 5.41) is 3.38. The molecule has 0 saturated carbocycles. The maximum atomic E-state index is 14.8. The number of carbonyl (C=O) groups is 3. The first-order chi connectivity index (χ1) is 17.8. The van der Waals surface area contributed by atoms with Gasteiger partial charge in [0.05, 0.1) is 11.3 Å². The van der Waals surface area contributed by atoms with Gasteiger partial charge < -0.3 is 16.0 Å². The zero-order chi connectivity index (χ0) is 26.8. The van der Waals surface area contributed by atoms with Gasteiger partial charge in [-0.3, -0.25) is 14.4 Å². The minimum atomic E-state index is -0.548. The number of halogens is 2. The lowest BCUT2D eigenvalue weighted by molar-refractivity contribution is -0.117. The van der Waals surface area contributed by atoms with Crippen molar-refractivity contribution in [2.24, 2.45) is 5.73 Å². The van der Waals surface area contributed by atoms with Crippen molar-refractivity contribution in [1.29, 1.82) is 0 Å². The molecule has 0 aliphatic rings.